The predicted molar refractivity (Wildman–Crippen MR) is 352 cm³/mol. The number of ether oxygens (including phenoxy) is 3. The van der Waals surface area contributed by atoms with Crippen molar-refractivity contribution in [3.63, 3.8) is 0 Å². The summed E-state index contributed by atoms with van der Waals surface area (Å²) in [7, 11) is 0. The average molecular weight is 1410 g/mol. The van der Waals surface area contributed by atoms with Crippen molar-refractivity contribution in [1.29, 1.82) is 0 Å². The molecule has 10 rings (SSSR count). The van der Waals surface area contributed by atoms with Crippen LogP contribution >= 0.6 is 45.9 Å². The largest absolute Gasteiger partial charge is 0.481 e. The highest BCUT2D eigenvalue weighted by Gasteiger charge is 2.59. The van der Waals surface area contributed by atoms with Gasteiger partial charge in [-0.05, 0) is 168 Å². The summed E-state index contributed by atoms with van der Waals surface area (Å²) in [6, 6.07) is 15.9. The molecule has 6 aromatic rings. The Morgan fingerprint density at radius 3 is 1.40 bits per heavy atom. The second-order valence-corrected chi connectivity index (χ2v) is 27.7. The van der Waals surface area contributed by atoms with Crippen molar-refractivity contribution in [2.24, 2.45) is 0 Å². The molecule has 0 aliphatic carbocycles. The number of thiophene rings is 2. The second-order valence-electron chi connectivity index (χ2n) is 24.6. The SMILES string of the molecule is CCC[C@H]1N(C(=O)c2ncccc2C(F)(F)F)CCC[C@@]1(Oc1csc(C)c1)C(=O)N1CCc2cc(Cl)ccc2C1CCCC(=O)O.CCC[C@H]1N(C(=O)c2ncccc2C(F)(F)F)CCC[C@@]1(Oc1csc(C)c1)C(=O)N1CCc2cc(Cl)ccc2C1CCCC(=O)OCC. The van der Waals surface area contributed by atoms with E-state index in [1.165, 1.54) is 38.7 Å². The van der Waals surface area contributed by atoms with Gasteiger partial charge in [-0.1, -0.05) is 62.0 Å². The highest BCUT2D eigenvalue weighted by atomic mass is 35.5. The summed E-state index contributed by atoms with van der Waals surface area (Å²) in [6.07, 6.45) is -1.81. The van der Waals surface area contributed by atoms with Crippen LogP contribution in [0.1, 0.15) is 187 Å². The number of aryl methyl sites for hydroxylation is 2. The van der Waals surface area contributed by atoms with Crippen molar-refractivity contribution in [1.82, 2.24) is 29.6 Å². The molecule has 1 N–H and O–H groups in total. The Bertz CT molecular complexity index is 3780. The number of rotatable bonds is 21. The lowest BCUT2D eigenvalue weighted by molar-refractivity contribution is -0.163. The first-order chi connectivity index (χ1) is 45.7. The number of amides is 4. The zero-order valence-corrected chi connectivity index (χ0v) is 57.2. The zero-order valence-electron chi connectivity index (χ0n) is 54.0. The van der Waals surface area contributed by atoms with E-state index in [2.05, 4.69) is 9.97 Å². The van der Waals surface area contributed by atoms with Crippen LogP contribution in [-0.4, -0.2) is 126 Å². The summed E-state index contributed by atoms with van der Waals surface area (Å²) in [5, 5.41) is 14.1. The monoisotopic (exact) mass is 1410 g/mol. The first-order valence-corrected chi connectivity index (χ1v) is 35.0. The third kappa shape index (κ3) is 16.3. The average Bonchev–Trinajstić information content (AvgIpc) is 0.927. The number of nitrogens with zero attached hydrogens (tertiary/aromatic N) is 6. The third-order valence-electron chi connectivity index (χ3n) is 18.2. The number of carboxylic acids is 1. The van der Waals surface area contributed by atoms with E-state index in [1.54, 1.807) is 39.6 Å². The second kappa shape index (κ2) is 31.5. The van der Waals surface area contributed by atoms with Crippen molar-refractivity contribution < 1.29 is 74.4 Å². The van der Waals surface area contributed by atoms with Gasteiger partial charge in [0.05, 0.1) is 41.9 Å². The lowest BCUT2D eigenvalue weighted by Crippen LogP contribution is -2.68. The fraction of sp³-hybridized carbons (Fsp3) is 0.486. The van der Waals surface area contributed by atoms with Crippen molar-refractivity contribution in [3.05, 3.63) is 161 Å². The minimum Gasteiger partial charge on any atom is -0.481 e. The molecule has 2 aromatic carbocycles. The molecule has 516 valence electrons. The van der Waals surface area contributed by atoms with Crippen LogP contribution in [0.3, 0.4) is 0 Å². The zero-order chi connectivity index (χ0) is 69.3. The van der Waals surface area contributed by atoms with E-state index in [1.807, 2.05) is 64.1 Å². The van der Waals surface area contributed by atoms with E-state index in [0.29, 0.717) is 112 Å². The molecule has 2 unspecified atom stereocenters. The molecular weight excluding hydrogens is 1330 g/mol. The van der Waals surface area contributed by atoms with Crippen LogP contribution in [0.15, 0.2) is 96.0 Å². The molecular formula is C70H78Cl2F6N6O10S2. The highest BCUT2D eigenvalue weighted by Crippen LogP contribution is 2.47. The van der Waals surface area contributed by atoms with Crippen LogP contribution in [0, 0.1) is 13.8 Å². The quantitative estimate of drug-likeness (QED) is 0.0531. The lowest BCUT2D eigenvalue weighted by atomic mass is 9.78. The van der Waals surface area contributed by atoms with Gasteiger partial charge in [-0.15, -0.1) is 22.7 Å². The number of esters is 1. The molecule has 96 heavy (non-hydrogen) atoms. The normalized spacial score (nSPS) is 21.1. The van der Waals surface area contributed by atoms with Gasteiger partial charge in [-0.2, -0.15) is 26.3 Å². The van der Waals surface area contributed by atoms with Gasteiger partial charge < -0.3 is 38.9 Å². The number of hydrogen-bond donors (Lipinski definition) is 1. The van der Waals surface area contributed by atoms with Gasteiger partial charge >= 0.3 is 24.3 Å². The number of fused-ring (bicyclic) bond motifs is 2. The maximum absolute atomic E-state index is 15.3. The molecule has 2 fully saturated rings. The summed E-state index contributed by atoms with van der Waals surface area (Å²) in [5.41, 5.74) is -3.17. The molecule has 2 saturated heterocycles. The van der Waals surface area contributed by atoms with E-state index in [9.17, 15) is 50.6 Å². The fourth-order valence-corrected chi connectivity index (χ4v) is 15.7. The van der Waals surface area contributed by atoms with Crippen LogP contribution in [0.25, 0.3) is 0 Å². The van der Waals surface area contributed by atoms with E-state index >= 15 is 9.59 Å². The first-order valence-electron chi connectivity index (χ1n) is 32.5. The van der Waals surface area contributed by atoms with Crippen LogP contribution in [-0.2, 0) is 49.1 Å². The number of carbonyl (C=O) groups is 6. The fourth-order valence-electron chi connectivity index (χ4n) is 14.1. The molecule has 6 atom stereocenters. The van der Waals surface area contributed by atoms with Gasteiger partial charge in [0.15, 0.2) is 0 Å². The molecule has 4 aliphatic rings. The Balaban J connectivity index is 0.000000226. The Kier molecular flexibility index (Phi) is 23.9. The predicted octanol–water partition coefficient (Wildman–Crippen LogP) is 15.9. The molecule has 4 amide bonds. The van der Waals surface area contributed by atoms with Crippen molar-refractivity contribution in [2.75, 3.05) is 32.8 Å². The number of carboxylic acid groups (broad SMARTS) is 1. The number of aromatic nitrogens is 2. The molecule has 0 bridgehead atoms. The number of pyridine rings is 2. The van der Waals surface area contributed by atoms with Crippen LogP contribution in [0.4, 0.5) is 26.3 Å². The smallest absolute Gasteiger partial charge is 0.418 e. The number of aliphatic carboxylic acids is 1. The minimum atomic E-state index is -4.81. The topological polar surface area (TPSA) is 189 Å². The Morgan fingerprint density at radius 2 is 1.02 bits per heavy atom. The van der Waals surface area contributed by atoms with Gasteiger partial charge in [-0.3, -0.25) is 38.7 Å². The van der Waals surface area contributed by atoms with Crippen molar-refractivity contribution in [3.8, 4) is 11.5 Å². The summed E-state index contributed by atoms with van der Waals surface area (Å²) < 4.78 is 103. The maximum atomic E-state index is 15.3. The number of carbonyl (C=O) groups excluding carboxylic acids is 5. The number of hydrogen-bond acceptors (Lipinski definition) is 13. The van der Waals surface area contributed by atoms with Gasteiger partial charge in [-0.25, -0.2) is 0 Å². The Labute approximate surface area is 572 Å². The van der Waals surface area contributed by atoms with Gasteiger partial charge in [0.1, 0.15) is 22.9 Å². The lowest BCUT2D eigenvalue weighted by Gasteiger charge is -2.51. The Hall–Kier alpha value is -7.28. The summed E-state index contributed by atoms with van der Waals surface area (Å²) in [6.45, 7) is 10.5. The van der Waals surface area contributed by atoms with Crippen LogP contribution in [0.2, 0.25) is 10.0 Å². The molecule has 0 spiro atoms. The van der Waals surface area contributed by atoms with E-state index in [0.717, 1.165) is 62.5 Å². The standard InChI is InChI=1S/C36H41ClF3N3O5S.C34H37ClF3N3O5S/c1-4-9-30-35(48-26-20-23(3)49-22-26,16-8-18-43(30)33(45)32-28(36(38,39)40)10-7-17-41-32)34(46)42-19-15-24-21-25(37)13-14-27(24)29(42)11-6-12-31(44)47-5-2;1-3-7-28-33(46-24-18-21(2)47-20-24,14-6-16-41(28)31(44)30-26(34(36,37)38)8-5-15-39-30)32(45)40-17-13-22-19-23(35)11-12-25(22)27(40)9-4-10-29(42)43/h7,10,13-14,17,20-22,29-30H,4-6,8-9,11-12,15-16,18-19H2,1-3H3;5,8,11-12,15,18-20,27-28H,3-4,6-7,9-10,13-14,16-17H2,1-2H3,(H,42,43)/t29?,30-,35+;27?,28-,33+/m11/s1. The van der Waals surface area contributed by atoms with Gasteiger partial charge in [0.2, 0.25) is 11.2 Å². The molecule has 4 aliphatic heterocycles. The van der Waals surface area contributed by atoms with E-state index in [4.69, 9.17) is 37.4 Å². The van der Waals surface area contributed by atoms with E-state index in [-0.39, 0.29) is 63.2 Å². The van der Waals surface area contributed by atoms with Crippen molar-refractivity contribution in [2.45, 2.75) is 185 Å². The summed E-state index contributed by atoms with van der Waals surface area (Å²) >= 11 is 15.5. The van der Waals surface area contributed by atoms with Gasteiger partial charge in [0.25, 0.3) is 23.6 Å². The summed E-state index contributed by atoms with van der Waals surface area (Å²) in [4.78, 5) is 98.4. The minimum absolute atomic E-state index is 0.0797. The van der Waals surface area contributed by atoms with Gasteiger partial charge in [0, 0.05) is 94.8 Å². The highest BCUT2D eigenvalue weighted by molar-refractivity contribution is 7.10. The number of halogens is 8. The van der Waals surface area contributed by atoms with E-state index < -0.39 is 88.0 Å². The van der Waals surface area contributed by atoms with Crippen LogP contribution in [0.5, 0.6) is 11.5 Å². The summed E-state index contributed by atoms with van der Waals surface area (Å²) in [5.74, 6) is -2.88. The first kappa shape index (κ1) is 73.0. The van der Waals surface area contributed by atoms with Crippen molar-refractivity contribution >= 4 is 81.4 Å². The molecule has 8 heterocycles. The van der Waals surface area contributed by atoms with Crippen LogP contribution < -0.4 is 9.47 Å². The molecule has 0 saturated carbocycles. The molecule has 0 radical (unpaired) electrons. The molecule has 26 heteroatoms. The molecule has 4 aromatic heterocycles. The Morgan fingerprint density at radius 1 is 0.594 bits per heavy atom. The number of piperidine rings is 2. The molecule has 16 nitrogen and oxygen atoms in total. The third-order valence-corrected chi connectivity index (χ3v) is 20.4. The number of alkyl halides is 6. The number of likely N-dealkylation sites (tertiary alicyclic amines) is 2. The number of benzene rings is 2. The maximum Gasteiger partial charge on any atom is 0.418 e.